The molecule has 0 bridgehead atoms. The van der Waals surface area contributed by atoms with Crippen molar-refractivity contribution in [3.8, 4) is 0 Å². The van der Waals surface area contributed by atoms with Crippen LogP contribution in [0.15, 0.2) is 53.4 Å². The van der Waals surface area contributed by atoms with E-state index in [1.165, 1.54) is 24.3 Å². The average Bonchev–Trinajstić information content (AvgIpc) is 2.68. The van der Waals surface area contributed by atoms with Crippen LogP contribution in [0.5, 0.6) is 0 Å². The first-order valence-corrected chi connectivity index (χ1v) is 10.9. The summed E-state index contributed by atoms with van der Waals surface area (Å²) < 4.78 is 32.4. The fourth-order valence-electron chi connectivity index (χ4n) is 2.64. The molecule has 0 aliphatic heterocycles. The van der Waals surface area contributed by atoms with Crippen LogP contribution in [-0.2, 0) is 19.6 Å². The largest absolute Gasteiger partial charge is 0.452 e. The van der Waals surface area contributed by atoms with E-state index in [0.29, 0.717) is 5.69 Å². The number of hydrogen-bond donors (Lipinski definition) is 2. The molecule has 2 aromatic carbocycles. The van der Waals surface area contributed by atoms with Crippen molar-refractivity contribution in [2.45, 2.75) is 44.6 Å². The molecule has 1 atom stereocenters. The van der Waals surface area contributed by atoms with Crippen molar-refractivity contribution in [3.05, 3.63) is 59.7 Å². The minimum Gasteiger partial charge on any atom is -0.452 e. The molecule has 0 heterocycles. The lowest BCUT2D eigenvalue weighted by molar-refractivity contribution is -0.124. The molecular formula is C21H26N2O5S. The number of sulfonamides is 1. The standard InChI is InChI=1S/C21H26N2O5S/c1-4-5-16(3)22-20(24)14-28-21(25)17-8-12-19(13-9-17)29(26,27)23-18-10-6-15(2)7-11-18/h6-13,16,23H,4-5,14H2,1-3H3,(H,22,24). The van der Waals surface area contributed by atoms with Crippen LogP contribution < -0.4 is 10.0 Å². The maximum absolute atomic E-state index is 12.5. The molecule has 0 saturated heterocycles. The zero-order valence-corrected chi connectivity index (χ0v) is 17.6. The molecular weight excluding hydrogens is 392 g/mol. The molecule has 1 unspecified atom stereocenters. The Morgan fingerprint density at radius 3 is 2.24 bits per heavy atom. The summed E-state index contributed by atoms with van der Waals surface area (Å²) in [6, 6.07) is 12.3. The summed E-state index contributed by atoms with van der Waals surface area (Å²) >= 11 is 0. The molecule has 1 amide bonds. The van der Waals surface area contributed by atoms with Gasteiger partial charge in [0.05, 0.1) is 10.5 Å². The van der Waals surface area contributed by atoms with Gasteiger partial charge in [0.25, 0.3) is 15.9 Å². The van der Waals surface area contributed by atoms with Gasteiger partial charge in [-0.15, -0.1) is 0 Å². The van der Waals surface area contributed by atoms with E-state index < -0.39 is 16.0 Å². The van der Waals surface area contributed by atoms with E-state index in [2.05, 4.69) is 10.0 Å². The van der Waals surface area contributed by atoms with Crippen LogP contribution in [0.25, 0.3) is 0 Å². The molecule has 29 heavy (non-hydrogen) atoms. The molecule has 8 heteroatoms. The number of carbonyl (C=O) groups excluding carboxylic acids is 2. The number of ether oxygens (including phenoxy) is 1. The predicted octanol–water partition coefficient (Wildman–Crippen LogP) is 3.26. The Hall–Kier alpha value is -2.87. The fraction of sp³-hybridized carbons (Fsp3) is 0.333. The van der Waals surface area contributed by atoms with E-state index in [9.17, 15) is 18.0 Å². The molecule has 2 N–H and O–H groups in total. The summed E-state index contributed by atoms with van der Waals surface area (Å²) in [6.45, 7) is 5.42. The van der Waals surface area contributed by atoms with Crippen molar-refractivity contribution in [2.75, 3.05) is 11.3 Å². The maximum atomic E-state index is 12.5. The summed E-state index contributed by atoms with van der Waals surface area (Å²) in [5.74, 6) is -1.07. The van der Waals surface area contributed by atoms with Gasteiger partial charge in [0.15, 0.2) is 6.61 Å². The number of nitrogens with one attached hydrogen (secondary N) is 2. The van der Waals surface area contributed by atoms with Crippen LogP contribution in [0, 0.1) is 6.92 Å². The Morgan fingerprint density at radius 2 is 1.66 bits per heavy atom. The minimum absolute atomic E-state index is 0.0109. The van der Waals surface area contributed by atoms with E-state index >= 15 is 0 Å². The van der Waals surface area contributed by atoms with Crippen molar-refractivity contribution in [2.24, 2.45) is 0 Å². The minimum atomic E-state index is -3.78. The van der Waals surface area contributed by atoms with Crippen LogP contribution in [0.2, 0.25) is 0 Å². The summed E-state index contributed by atoms with van der Waals surface area (Å²) in [6.07, 6.45) is 1.78. The van der Waals surface area contributed by atoms with Gasteiger partial charge in [-0.25, -0.2) is 13.2 Å². The first-order chi connectivity index (χ1) is 13.7. The number of carbonyl (C=O) groups is 2. The van der Waals surface area contributed by atoms with Crippen molar-refractivity contribution >= 4 is 27.6 Å². The highest BCUT2D eigenvalue weighted by molar-refractivity contribution is 7.92. The smallest absolute Gasteiger partial charge is 0.338 e. The first kappa shape index (κ1) is 22.4. The Labute approximate surface area is 171 Å². The fourth-order valence-corrected chi connectivity index (χ4v) is 3.70. The van der Waals surface area contributed by atoms with Crippen molar-refractivity contribution in [1.29, 1.82) is 0 Å². The quantitative estimate of drug-likeness (QED) is 0.609. The number of amides is 1. The number of benzene rings is 2. The predicted molar refractivity (Wildman–Crippen MR) is 111 cm³/mol. The highest BCUT2D eigenvalue weighted by Gasteiger charge is 2.16. The van der Waals surface area contributed by atoms with E-state index in [1.54, 1.807) is 24.3 Å². The molecule has 2 aromatic rings. The Kier molecular flexibility index (Phi) is 7.78. The van der Waals surface area contributed by atoms with E-state index in [4.69, 9.17) is 4.74 Å². The molecule has 7 nitrogen and oxygen atoms in total. The van der Waals surface area contributed by atoms with Crippen molar-refractivity contribution < 1.29 is 22.7 Å². The van der Waals surface area contributed by atoms with Gasteiger partial charge >= 0.3 is 5.97 Å². The second-order valence-electron chi connectivity index (χ2n) is 6.83. The normalized spacial score (nSPS) is 12.1. The zero-order chi connectivity index (χ0) is 21.4. The van der Waals surface area contributed by atoms with Crippen LogP contribution >= 0.6 is 0 Å². The van der Waals surface area contributed by atoms with Crippen molar-refractivity contribution in [1.82, 2.24) is 5.32 Å². The van der Waals surface area contributed by atoms with Crippen LogP contribution in [0.1, 0.15) is 42.6 Å². The highest BCUT2D eigenvalue weighted by atomic mass is 32.2. The molecule has 0 aliphatic carbocycles. The van der Waals surface area contributed by atoms with Crippen LogP contribution in [-0.4, -0.2) is 32.9 Å². The Balaban J connectivity index is 1.95. The van der Waals surface area contributed by atoms with Crippen LogP contribution in [0.3, 0.4) is 0 Å². The first-order valence-electron chi connectivity index (χ1n) is 9.37. The molecule has 0 radical (unpaired) electrons. The van der Waals surface area contributed by atoms with Gasteiger partial charge in [-0.3, -0.25) is 9.52 Å². The molecule has 2 rings (SSSR count). The molecule has 0 saturated carbocycles. The lowest BCUT2D eigenvalue weighted by atomic mass is 10.2. The lowest BCUT2D eigenvalue weighted by Crippen LogP contribution is -2.35. The van der Waals surface area contributed by atoms with E-state index in [-0.39, 0.29) is 29.0 Å². The topological polar surface area (TPSA) is 102 Å². The van der Waals surface area contributed by atoms with E-state index in [0.717, 1.165) is 18.4 Å². The van der Waals surface area contributed by atoms with Gasteiger partial charge in [0.1, 0.15) is 0 Å². The second-order valence-corrected chi connectivity index (χ2v) is 8.51. The Bertz CT molecular complexity index is 938. The molecule has 0 spiro atoms. The number of rotatable bonds is 9. The van der Waals surface area contributed by atoms with Gasteiger partial charge in [-0.1, -0.05) is 31.0 Å². The van der Waals surface area contributed by atoms with Crippen molar-refractivity contribution in [3.63, 3.8) is 0 Å². The third-order valence-corrected chi connectivity index (χ3v) is 5.56. The number of aryl methyl sites for hydroxylation is 1. The summed E-state index contributed by atoms with van der Waals surface area (Å²) in [7, 11) is -3.78. The molecule has 0 aromatic heterocycles. The summed E-state index contributed by atoms with van der Waals surface area (Å²) in [4.78, 5) is 23.9. The summed E-state index contributed by atoms with van der Waals surface area (Å²) in [5.41, 5.74) is 1.63. The third-order valence-electron chi connectivity index (χ3n) is 4.17. The molecule has 0 fully saturated rings. The Morgan fingerprint density at radius 1 is 1.03 bits per heavy atom. The monoisotopic (exact) mass is 418 g/mol. The maximum Gasteiger partial charge on any atom is 0.338 e. The zero-order valence-electron chi connectivity index (χ0n) is 16.8. The van der Waals surface area contributed by atoms with Gasteiger partial charge in [0, 0.05) is 11.7 Å². The summed E-state index contributed by atoms with van der Waals surface area (Å²) in [5, 5.41) is 2.74. The average molecular weight is 419 g/mol. The second kappa shape index (κ2) is 10.1. The van der Waals surface area contributed by atoms with Crippen LogP contribution in [0.4, 0.5) is 5.69 Å². The number of hydrogen-bond acceptors (Lipinski definition) is 5. The van der Waals surface area contributed by atoms with Gasteiger partial charge in [0.2, 0.25) is 0 Å². The number of esters is 1. The third kappa shape index (κ3) is 6.90. The highest BCUT2D eigenvalue weighted by Crippen LogP contribution is 2.17. The van der Waals surface area contributed by atoms with Gasteiger partial charge < -0.3 is 10.1 Å². The van der Waals surface area contributed by atoms with E-state index in [1.807, 2.05) is 20.8 Å². The molecule has 156 valence electrons. The SMILES string of the molecule is CCCC(C)NC(=O)COC(=O)c1ccc(S(=O)(=O)Nc2ccc(C)cc2)cc1. The lowest BCUT2D eigenvalue weighted by Gasteiger charge is -2.13. The molecule has 0 aliphatic rings. The number of anilines is 1. The van der Waals surface area contributed by atoms with Gasteiger partial charge in [-0.2, -0.15) is 0 Å². The van der Waals surface area contributed by atoms with Gasteiger partial charge in [-0.05, 0) is 56.7 Å².